The molecule has 0 saturated carbocycles. The van der Waals surface area contributed by atoms with Crippen molar-refractivity contribution < 1.29 is 14.3 Å². The van der Waals surface area contributed by atoms with Crippen LogP contribution in [-0.2, 0) is 9.59 Å². The molecule has 0 N–H and O–H groups in total. The van der Waals surface area contributed by atoms with Gasteiger partial charge in [-0.1, -0.05) is 19.9 Å². The van der Waals surface area contributed by atoms with Gasteiger partial charge in [-0.15, -0.1) is 0 Å². The number of piperazine rings is 1. The van der Waals surface area contributed by atoms with Crippen molar-refractivity contribution in [2.75, 3.05) is 25.1 Å². The number of benzene rings is 1. The molecule has 2 amide bonds. The van der Waals surface area contributed by atoms with E-state index >= 15 is 0 Å². The Morgan fingerprint density at radius 1 is 1.32 bits per heavy atom. The smallest absolute Gasteiger partial charge is 0.249 e. The van der Waals surface area contributed by atoms with E-state index in [1.807, 2.05) is 39.0 Å². The minimum Gasteiger partial charge on any atom is -0.495 e. The summed E-state index contributed by atoms with van der Waals surface area (Å²) >= 11 is 0. The lowest BCUT2D eigenvalue weighted by Crippen LogP contribution is -2.58. The predicted octanol–water partition coefficient (Wildman–Crippen LogP) is 2.22. The predicted molar refractivity (Wildman–Crippen MR) is 86.1 cm³/mol. The molecule has 5 heteroatoms. The second-order valence-corrected chi connectivity index (χ2v) is 6.03. The Balaban J connectivity index is 2.28. The quantitative estimate of drug-likeness (QED) is 0.860. The molecule has 1 fully saturated rings. The van der Waals surface area contributed by atoms with Gasteiger partial charge >= 0.3 is 0 Å². The number of amides is 2. The Hall–Kier alpha value is -2.04. The number of aryl methyl sites for hydroxylation is 1. The molecular formula is C17H24N2O3. The van der Waals surface area contributed by atoms with Gasteiger partial charge < -0.3 is 14.5 Å². The maximum absolute atomic E-state index is 12.7. The minimum absolute atomic E-state index is 0.0247. The number of carbonyl (C=O) groups excluding carboxylic acids is 2. The highest BCUT2D eigenvalue weighted by Gasteiger charge is 2.36. The third kappa shape index (κ3) is 2.93. The van der Waals surface area contributed by atoms with Gasteiger partial charge in [0.15, 0.2) is 0 Å². The van der Waals surface area contributed by atoms with Gasteiger partial charge in [-0.3, -0.25) is 9.59 Å². The highest BCUT2D eigenvalue weighted by molar-refractivity contribution is 6.01. The Bertz CT molecular complexity index is 583. The molecule has 1 aromatic carbocycles. The highest BCUT2D eigenvalue weighted by atomic mass is 16.5. The molecule has 1 atom stereocenters. The summed E-state index contributed by atoms with van der Waals surface area (Å²) in [6.07, 6.45) is 0. The molecule has 0 radical (unpaired) electrons. The largest absolute Gasteiger partial charge is 0.495 e. The summed E-state index contributed by atoms with van der Waals surface area (Å²) in [4.78, 5) is 28.3. The van der Waals surface area contributed by atoms with Crippen LogP contribution in [0.2, 0.25) is 0 Å². The summed E-state index contributed by atoms with van der Waals surface area (Å²) in [6, 6.07) is 5.32. The van der Waals surface area contributed by atoms with E-state index in [9.17, 15) is 9.59 Å². The van der Waals surface area contributed by atoms with Gasteiger partial charge in [0.25, 0.3) is 0 Å². The van der Waals surface area contributed by atoms with E-state index in [4.69, 9.17) is 4.74 Å². The zero-order valence-corrected chi connectivity index (χ0v) is 13.9. The van der Waals surface area contributed by atoms with Gasteiger partial charge in [0.05, 0.1) is 12.8 Å². The molecule has 1 aromatic rings. The van der Waals surface area contributed by atoms with Crippen LogP contribution in [0.5, 0.6) is 5.75 Å². The molecule has 1 heterocycles. The van der Waals surface area contributed by atoms with E-state index in [2.05, 4.69) is 0 Å². The van der Waals surface area contributed by atoms with Crippen LogP contribution < -0.4 is 9.64 Å². The topological polar surface area (TPSA) is 49.9 Å². The van der Waals surface area contributed by atoms with Crippen molar-refractivity contribution in [3.05, 3.63) is 23.8 Å². The molecule has 0 bridgehead atoms. The van der Waals surface area contributed by atoms with Crippen molar-refractivity contribution >= 4 is 17.5 Å². The van der Waals surface area contributed by atoms with Gasteiger partial charge in [-0.2, -0.15) is 0 Å². The molecule has 0 spiro atoms. The number of ether oxygens (including phenoxy) is 1. The van der Waals surface area contributed by atoms with Crippen molar-refractivity contribution in [2.45, 2.75) is 33.7 Å². The molecule has 1 aliphatic heterocycles. The molecule has 0 unspecified atom stereocenters. The van der Waals surface area contributed by atoms with Crippen molar-refractivity contribution in [2.24, 2.45) is 5.92 Å². The van der Waals surface area contributed by atoms with Crippen LogP contribution in [0, 0.1) is 12.8 Å². The zero-order valence-electron chi connectivity index (χ0n) is 13.9. The first kappa shape index (κ1) is 16.3. The lowest BCUT2D eigenvalue weighted by atomic mass is 10.1. The molecule has 0 aliphatic carbocycles. The number of carbonyl (C=O) groups is 2. The molecular weight excluding hydrogens is 280 g/mol. The van der Waals surface area contributed by atoms with Crippen LogP contribution in [0.25, 0.3) is 0 Å². The van der Waals surface area contributed by atoms with Crippen molar-refractivity contribution in [1.29, 1.82) is 0 Å². The maximum Gasteiger partial charge on any atom is 0.249 e. The first-order valence-corrected chi connectivity index (χ1v) is 7.63. The lowest BCUT2D eigenvalue weighted by Gasteiger charge is -2.40. The van der Waals surface area contributed by atoms with Crippen molar-refractivity contribution in [1.82, 2.24) is 4.90 Å². The number of methoxy groups -OCH3 is 1. The number of anilines is 1. The monoisotopic (exact) mass is 304 g/mol. The summed E-state index contributed by atoms with van der Waals surface area (Å²) < 4.78 is 5.38. The molecule has 1 saturated heterocycles. The van der Waals surface area contributed by atoms with Gasteiger partial charge in [-0.25, -0.2) is 0 Å². The lowest BCUT2D eigenvalue weighted by molar-refractivity contribution is -0.143. The fraction of sp³-hybridized carbons (Fsp3) is 0.529. The number of hydrogen-bond donors (Lipinski definition) is 0. The number of nitrogens with zero attached hydrogens (tertiary/aromatic N) is 2. The van der Waals surface area contributed by atoms with Gasteiger partial charge in [-0.05, 0) is 31.5 Å². The second-order valence-electron chi connectivity index (χ2n) is 6.03. The van der Waals surface area contributed by atoms with Crippen LogP contribution in [0.15, 0.2) is 18.2 Å². The first-order valence-electron chi connectivity index (χ1n) is 7.63. The van der Waals surface area contributed by atoms with Crippen LogP contribution in [-0.4, -0.2) is 43.0 Å². The first-order chi connectivity index (χ1) is 10.4. The Morgan fingerprint density at radius 3 is 2.59 bits per heavy atom. The SMILES string of the molecule is COc1ccc(C)cc1N1CCN(C(=O)C(C)C)[C@H](C)C1=O. The third-order valence-electron chi connectivity index (χ3n) is 4.06. The van der Waals surface area contributed by atoms with E-state index < -0.39 is 6.04 Å². The van der Waals surface area contributed by atoms with E-state index in [0.717, 1.165) is 11.3 Å². The second kappa shape index (κ2) is 6.38. The van der Waals surface area contributed by atoms with E-state index in [1.54, 1.807) is 23.8 Å². The van der Waals surface area contributed by atoms with Gasteiger partial charge in [0.2, 0.25) is 11.8 Å². The van der Waals surface area contributed by atoms with E-state index in [1.165, 1.54) is 0 Å². The Kier molecular flexibility index (Phi) is 4.74. The number of rotatable bonds is 3. The molecule has 5 nitrogen and oxygen atoms in total. The third-order valence-corrected chi connectivity index (χ3v) is 4.06. The van der Waals surface area contributed by atoms with Crippen LogP contribution in [0.1, 0.15) is 26.3 Å². The zero-order chi connectivity index (χ0) is 16.4. The summed E-state index contributed by atoms with van der Waals surface area (Å²) in [5, 5.41) is 0. The molecule has 2 rings (SSSR count). The summed E-state index contributed by atoms with van der Waals surface area (Å²) in [6.45, 7) is 8.51. The molecule has 22 heavy (non-hydrogen) atoms. The van der Waals surface area contributed by atoms with Gasteiger partial charge in [0, 0.05) is 19.0 Å². The van der Waals surface area contributed by atoms with Gasteiger partial charge in [0.1, 0.15) is 11.8 Å². The summed E-state index contributed by atoms with van der Waals surface area (Å²) in [5.41, 5.74) is 1.84. The van der Waals surface area contributed by atoms with Crippen LogP contribution in [0.3, 0.4) is 0 Å². The maximum atomic E-state index is 12.7. The van der Waals surface area contributed by atoms with E-state index in [-0.39, 0.29) is 17.7 Å². The van der Waals surface area contributed by atoms with E-state index in [0.29, 0.717) is 18.8 Å². The standard InChI is InChI=1S/C17H24N2O3/c1-11(2)16(20)18-8-9-19(17(21)13(18)4)14-10-12(3)6-7-15(14)22-5/h6-7,10-11,13H,8-9H2,1-5H3/t13-/m1/s1. The molecule has 120 valence electrons. The average molecular weight is 304 g/mol. The minimum atomic E-state index is -0.450. The fourth-order valence-corrected chi connectivity index (χ4v) is 2.75. The fourth-order valence-electron chi connectivity index (χ4n) is 2.75. The van der Waals surface area contributed by atoms with Crippen LogP contribution >= 0.6 is 0 Å². The Labute approximate surface area is 131 Å². The van der Waals surface area contributed by atoms with Crippen molar-refractivity contribution in [3.8, 4) is 5.75 Å². The average Bonchev–Trinajstić information content (AvgIpc) is 2.49. The Morgan fingerprint density at radius 2 is 2.00 bits per heavy atom. The normalized spacial score (nSPS) is 18.8. The van der Waals surface area contributed by atoms with Crippen LogP contribution in [0.4, 0.5) is 5.69 Å². The highest BCUT2D eigenvalue weighted by Crippen LogP contribution is 2.31. The summed E-state index contributed by atoms with van der Waals surface area (Å²) in [5.74, 6) is 0.533. The molecule has 0 aromatic heterocycles. The molecule has 1 aliphatic rings. The number of hydrogen-bond acceptors (Lipinski definition) is 3. The summed E-state index contributed by atoms with van der Waals surface area (Å²) in [7, 11) is 1.60. The van der Waals surface area contributed by atoms with Crippen molar-refractivity contribution in [3.63, 3.8) is 0 Å².